The number of thioether (sulfide) groups is 1. The summed E-state index contributed by atoms with van der Waals surface area (Å²) in [5, 5.41) is 0. The van der Waals surface area contributed by atoms with Crippen LogP contribution in [0.4, 0.5) is 4.39 Å². The van der Waals surface area contributed by atoms with Crippen LogP contribution in [0.2, 0.25) is 0 Å². The molecule has 1 nitrogen and oxygen atoms in total. The molecule has 80 valence electrons. The Hall–Kier alpha value is -0.830. The lowest BCUT2D eigenvalue weighted by atomic mass is 9.93. The quantitative estimate of drug-likeness (QED) is 0.734. The minimum absolute atomic E-state index is 0.370. The second kappa shape index (κ2) is 4.35. The van der Waals surface area contributed by atoms with Crippen LogP contribution in [-0.4, -0.2) is 23.5 Å². The SMILES string of the molecule is O=Cc1ccccc1CC1(F)CCSC1. The Morgan fingerprint density at radius 1 is 1.47 bits per heavy atom. The van der Waals surface area contributed by atoms with E-state index < -0.39 is 5.67 Å². The average Bonchev–Trinajstić information content (AvgIpc) is 2.66. The van der Waals surface area contributed by atoms with Gasteiger partial charge in [-0.3, -0.25) is 4.79 Å². The molecule has 0 N–H and O–H groups in total. The predicted molar refractivity (Wildman–Crippen MR) is 61.3 cm³/mol. The summed E-state index contributed by atoms with van der Waals surface area (Å²) in [6.45, 7) is 0. The standard InChI is InChI=1S/C12H13FOS/c13-12(5-6-15-9-12)7-10-3-1-2-4-11(10)8-14/h1-4,8H,5-7,9H2. The van der Waals surface area contributed by atoms with Crippen LogP contribution in [0.5, 0.6) is 0 Å². The molecule has 0 aliphatic carbocycles. The minimum Gasteiger partial charge on any atom is -0.298 e. The Labute approximate surface area is 93.1 Å². The van der Waals surface area contributed by atoms with Gasteiger partial charge in [0.25, 0.3) is 0 Å². The molecule has 1 saturated heterocycles. The normalized spacial score (nSPS) is 25.4. The molecule has 0 spiro atoms. The average molecular weight is 224 g/mol. The van der Waals surface area contributed by atoms with E-state index in [2.05, 4.69) is 0 Å². The maximum absolute atomic E-state index is 14.2. The number of hydrogen-bond acceptors (Lipinski definition) is 2. The lowest BCUT2D eigenvalue weighted by molar-refractivity contribution is 0.112. The molecule has 0 amide bonds. The Kier molecular flexibility index (Phi) is 3.10. The molecule has 1 fully saturated rings. The summed E-state index contributed by atoms with van der Waals surface area (Å²) < 4.78 is 14.2. The van der Waals surface area contributed by atoms with Gasteiger partial charge in [-0.25, -0.2) is 4.39 Å². The molecule has 15 heavy (non-hydrogen) atoms. The van der Waals surface area contributed by atoms with E-state index in [1.165, 1.54) is 0 Å². The van der Waals surface area contributed by atoms with Gasteiger partial charge < -0.3 is 0 Å². The third-order valence-corrected chi connectivity index (χ3v) is 3.96. The van der Waals surface area contributed by atoms with Crippen LogP contribution in [0, 0.1) is 0 Å². The summed E-state index contributed by atoms with van der Waals surface area (Å²) in [7, 11) is 0. The Balaban J connectivity index is 2.19. The third kappa shape index (κ3) is 2.40. The number of rotatable bonds is 3. The van der Waals surface area contributed by atoms with Crippen molar-refractivity contribution in [3.05, 3.63) is 35.4 Å². The molecular formula is C12H13FOS. The van der Waals surface area contributed by atoms with E-state index in [1.807, 2.05) is 18.2 Å². The predicted octanol–water partition coefficient (Wildman–Crippen LogP) is 2.89. The number of carbonyl (C=O) groups excluding carboxylic acids is 1. The molecule has 0 bridgehead atoms. The molecule has 1 aromatic rings. The first-order valence-corrected chi connectivity index (χ1v) is 6.19. The lowest BCUT2D eigenvalue weighted by Crippen LogP contribution is -2.25. The molecule has 1 aromatic carbocycles. The van der Waals surface area contributed by atoms with Crippen LogP contribution in [0.25, 0.3) is 0 Å². The summed E-state index contributed by atoms with van der Waals surface area (Å²) >= 11 is 1.65. The van der Waals surface area contributed by atoms with E-state index in [0.717, 1.165) is 17.6 Å². The van der Waals surface area contributed by atoms with Crippen LogP contribution >= 0.6 is 11.8 Å². The van der Waals surface area contributed by atoms with Crippen LogP contribution in [0.15, 0.2) is 24.3 Å². The summed E-state index contributed by atoms with van der Waals surface area (Å²) in [6, 6.07) is 7.25. The number of carbonyl (C=O) groups is 1. The zero-order valence-corrected chi connectivity index (χ0v) is 9.23. The van der Waals surface area contributed by atoms with Crippen molar-refractivity contribution in [3.8, 4) is 0 Å². The largest absolute Gasteiger partial charge is 0.298 e. The van der Waals surface area contributed by atoms with Crippen molar-refractivity contribution >= 4 is 18.0 Å². The van der Waals surface area contributed by atoms with Crippen molar-refractivity contribution in [1.82, 2.24) is 0 Å². The van der Waals surface area contributed by atoms with E-state index in [1.54, 1.807) is 17.8 Å². The van der Waals surface area contributed by atoms with Gasteiger partial charge in [-0.1, -0.05) is 24.3 Å². The highest BCUT2D eigenvalue weighted by Crippen LogP contribution is 2.34. The topological polar surface area (TPSA) is 17.1 Å². The summed E-state index contributed by atoms with van der Waals surface area (Å²) in [4.78, 5) is 10.8. The van der Waals surface area contributed by atoms with Crippen LogP contribution in [0.3, 0.4) is 0 Å². The first-order chi connectivity index (χ1) is 7.23. The Morgan fingerprint density at radius 3 is 2.93 bits per heavy atom. The number of halogens is 1. The summed E-state index contributed by atoms with van der Waals surface area (Å²) in [6.07, 6.45) is 1.78. The maximum atomic E-state index is 14.2. The van der Waals surface area contributed by atoms with Crippen molar-refractivity contribution < 1.29 is 9.18 Å². The molecule has 3 heteroatoms. The van der Waals surface area contributed by atoms with Gasteiger partial charge in [0.2, 0.25) is 0 Å². The van der Waals surface area contributed by atoms with Gasteiger partial charge in [-0.2, -0.15) is 11.8 Å². The molecule has 0 saturated carbocycles. The van der Waals surface area contributed by atoms with Gasteiger partial charge in [0.15, 0.2) is 0 Å². The Bertz CT molecular complexity index is 358. The fourth-order valence-electron chi connectivity index (χ4n) is 1.87. The number of hydrogen-bond donors (Lipinski definition) is 0. The van der Waals surface area contributed by atoms with E-state index in [9.17, 15) is 9.18 Å². The van der Waals surface area contributed by atoms with Crippen LogP contribution < -0.4 is 0 Å². The van der Waals surface area contributed by atoms with Gasteiger partial charge in [0, 0.05) is 17.7 Å². The van der Waals surface area contributed by atoms with Gasteiger partial charge in [-0.15, -0.1) is 0 Å². The van der Waals surface area contributed by atoms with Crippen LogP contribution in [0.1, 0.15) is 22.3 Å². The maximum Gasteiger partial charge on any atom is 0.150 e. The zero-order valence-electron chi connectivity index (χ0n) is 8.41. The third-order valence-electron chi connectivity index (χ3n) is 2.74. The van der Waals surface area contributed by atoms with Crippen LogP contribution in [-0.2, 0) is 6.42 Å². The fraction of sp³-hybridized carbons (Fsp3) is 0.417. The van der Waals surface area contributed by atoms with Crippen molar-refractivity contribution in [1.29, 1.82) is 0 Å². The molecule has 2 rings (SSSR count). The van der Waals surface area contributed by atoms with Crippen molar-refractivity contribution in [3.63, 3.8) is 0 Å². The van der Waals surface area contributed by atoms with E-state index >= 15 is 0 Å². The van der Waals surface area contributed by atoms with Crippen molar-refractivity contribution in [2.45, 2.75) is 18.5 Å². The summed E-state index contributed by atoms with van der Waals surface area (Å²) in [5.41, 5.74) is 0.341. The Morgan fingerprint density at radius 2 is 2.27 bits per heavy atom. The van der Waals surface area contributed by atoms with Crippen molar-refractivity contribution in [2.24, 2.45) is 0 Å². The second-order valence-electron chi connectivity index (χ2n) is 3.95. The van der Waals surface area contributed by atoms with E-state index in [4.69, 9.17) is 0 Å². The minimum atomic E-state index is -1.11. The zero-order chi connectivity index (χ0) is 10.7. The van der Waals surface area contributed by atoms with Gasteiger partial charge >= 0.3 is 0 Å². The number of aldehydes is 1. The molecule has 0 radical (unpaired) electrons. The first kappa shape index (κ1) is 10.7. The second-order valence-corrected chi connectivity index (χ2v) is 5.05. The van der Waals surface area contributed by atoms with Gasteiger partial charge in [-0.05, 0) is 17.7 Å². The fourth-order valence-corrected chi connectivity index (χ4v) is 3.14. The monoisotopic (exact) mass is 224 g/mol. The molecule has 1 atom stereocenters. The summed E-state index contributed by atoms with van der Waals surface area (Å²) in [5.74, 6) is 1.44. The smallest absolute Gasteiger partial charge is 0.150 e. The molecule has 1 heterocycles. The number of benzene rings is 1. The highest BCUT2D eigenvalue weighted by molar-refractivity contribution is 7.99. The molecule has 1 aliphatic rings. The van der Waals surface area contributed by atoms with Gasteiger partial charge in [0.05, 0.1) is 0 Å². The van der Waals surface area contributed by atoms with Gasteiger partial charge in [0.1, 0.15) is 12.0 Å². The van der Waals surface area contributed by atoms with E-state index in [-0.39, 0.29) is 0 Å². The number of alkyl halides is 1. The molecule has 1 unspecified atom stereocenters. The molecule has 0 aromatic heterocycles. The lowest BCUT2D eigenvalue weighted by Gasteiger charge is -2.18. The highest BCUT2D eigenvalue weighted by atomic mass is 32.2. The molecular weight excluding hydrogens is 211 g/mol. The van der Waals surface area contributed by atoms with Crippen molar-refractivity contribution in [2.75, 3.05) is 11.5 Å². The first-order valence-electron chi connectivity index (χ1n) is 5.03. The molecule has 1 aliphatic heterocycles. The van der Waals surface area contributed by atoms with E-state index in [0.29, 0.717) is 24.2 Å². The highest BCUT2D eigenvalue weighted by Gasteiger charge is 2.34.